The van der Waals surface area contributed by atoms with Crippen LogP contribution in [0.3, 0.4) is 0 Å². The van der Waals surface area contributed by atoms with Gasteiger partial charge in [0, 0.05) is 31.5 Å². The number of anilines is 2. The van der Waals surface area contributed by atoms with Crippen LogP contribution < -0.4 is 10.6 Å². The molecule has 0 aliphatic carbocycles. The van der Waals surface area contributed by atoms with E-state index >= 15 is 0 Å². The first-order valence-electron chi connectivity index (χ1n) is 7.05. The second-order valence-corrected chi connectivity index (χ2v) is 5.52. The molecular formula is C13H20N8. The van der Waals surface area contributed by atoms with Gasteiger partial charge in [0.05, 0.1) is 0 Å². The first kappa shape index (κ1) is 13.7. The molecule has 0 aromatic carbocycles. The van der Waals surface area contributed by atoms with Crippen molar-refractivity contribution in [1.29, 1.82) is 0 Å². The zero-order valence-electron chi connectivity index (χ0n) is 12.3. The largest absolute Gasteiger partial charge is 0.368 e. The van der Waals surface area contributed by atoms with Crippen molar-refractivity contribution in [2.75, 3.05) is 37.8 Å². The lowest BCUT2D eigenvalue weighted by molar-refractivity contribution is 0.371. The van der Waals surface area contributed by atoms with Crippen LogP contribution in [0.15, 0.2) is 18.7 Å². The molecule has 0 saturated carbocycles. The number of nitrogens with two attached hydrogens (primary N) is 1. The van der Waals surface area contributed by atoms with Crippen molar-refractivity contribution in [2.24, 2.45) is 0 Å². The Balaban J connectivity index is 1.91. The third kappa shape index (κ3) is 2.94. The lowest BCUT2D eigenvalue weighted by Gasteiger charge is -2.27. The molecule has 3 rings (SSSR count). The van der Waals surface area contributed by atoms with Gasteiger partial charge in [0.1, 0.15) is 6.33 Å². The van der Waals surface area contributed by atoms with Gasteiger partial charge in [-0.05, 0) is 26.9 Å². The van der Waals surface area contributed by atoms with E-state index in [2.05, 4.69) is 43.8 Å². The summed E-state index contributed by atoms with van der Waals surface area (Å²) < 4.78 is 1.73. The van der Waals surface area contributed by atoms with E-state index in [1.165, 1.54) is 0 Å². The molecule has 1 aliphatic heterocycles. The Hall–Kier alpha value is -2.22. The number of nitrogens with zero attached hydrogens (tertiary/aromatic N) is 7. The van der Waals surface area contributed by atoms with Crippen molar-refractivity contribution < 1.29 is 0 Å². The summed E-state index contributed by atoms with van der Waals surface area (Å²) >= 11 is 0. The third-order valence-electron chi connectivity index (χ3n) is 3.57. The molecule has 3 heterocycles. The van der Waals surface area contributed by atoms with Gasteiger partial charge in [-0.2, -0.15) is 15.0 Å². The van der Waals surface area contributed by atoms with Crippen molar-refractivity contribution in [2.45, 2.75) is 18.9 Å². The Morgan fingerprint density at radius 2 is 2.10 bits per heavy atom. The standard InChI is InChI=1S/C13H20N8/c1-19(2)8-10-4-3-6-21(10)13-17-11(14)16-12(18-13)20-7-5-15-9-20/h5,7,9-10H,3-4,6,8H2,1-2H3,(H2,14,16,17,18). The summed E-state index contributed by atoms with van der Waals surface area (Å²) in [6, 6.07) is 0.414. The summed E-state index contributed by atoms with van der Waals surface area (Å²) in [5.74, 6) is 1.39. The summed E-state index contributed by atoms with van der Waals surface area (Å²) in [4.78, 5) is 21.4. The zero-order valence-corrected chi connectivity index (χ0v) is 12.3. The molecule has 1 fully saturated rings. The molecule has 1 saturated heterocycles. The van der Waals surface area contributed by atoms with E-state index in [-0.39, 0.29) is 5.95 Å². The average Bonchev–Trinajstić information content (AvgIpc) is 3.07. The lowest BCUT2D eigenvalue weighted by atomic mass is 10.2. The Bertz CT molecular complexity index is 594. The quantitative estimate of drug-likeness (QED) is 0.857. The maximum Gasteiger partial charge on any atom is 0.241 e. The topological polar surface area (TPSA) is 89.0 Å². The number of likely N-dealkylation sites (N-methyl/N-ethyl adjacent to an activating group) is 1. The van der Waals surface area contributed by atoms with Crippen LogP contribution in [0.2, 0.25) is 0 Å². The van der Waals surface area contributed by atoms with Crippen molar-refractivity contribution in [1.82, 2.24) is 29.4 Å². The van der Waals surface area contributed by atoms with Gasteiger partial charge < -0.3 is 15.5 Å². The Morgan fingerprint density at radius 3 is 2.81 bits per heavy atom. The number of rotatable bonds is 4. The van der Waals surface area contributed by atoms with E-state index in [4.69, 9.17) is 5.73 Å². The summed E-state index contributed by atoms with van der Waals surface area (Å²) in [6.07, 6.45) is 7.42. The molecule has 2 N–H and O–H groups in total. The molecule has 8 heteroatoms. The summed E-state index contributed by atoms with van der Waals surface area (Å²) in [5, 5.41) is 0. The van der Waals surface area contributed by atoms with Gasteiger partial charge in [-0.25, -0.2) is 4.98 Å². The molecule has 0 spiro atoms. The van der Waals surface area contributed by atoms with Gasteiger partial charge in [-0.15, -0.1) is 0 Å². The van der Waals surface area contributed by atoms with Gasteiger partial charge in [-0.3, -0.25) is 4.57 Å². The van der Waals surface area contributed by atoms with Crippen LogP contribution in [-0.2, 0) is 0 Å². The molecular weight excluding hydrogens is 268 g/mol. The van der Waals surface area contributed by atoms with Crippen molar-refractivity contribution >= 4 is 11.9 Å². The van der Waals surface area contributed by atoms with Crippen LogP contribution in [0, 0.1) is 0 Å². The van der Waals surface area contributed by atoms with Gasteiger partial charge in [0.15, 0.2) is 0 Å². The molecule has 0 bridgehead atoms. The van der Waals surface area contributed by atoms with Crippen LogP contribution in [0.25, 0.3) is 5.95 Å². The number of aromatic nitrogens is 5. The fourth-order valence-corrected chi connectivity index (χ4v) is 2.70. The predicted molar refractivity (Wildman–Crippen MR) is 80.3 cm³/mol. The second kappa shape index (κ2) is 5.65. The third-order valence-corrected chi connectivity index (χ3v) is 3.57. The van der Waals surface area contributed by atoms with Gasteiger partial charge >= 0.3 is 0 Å². The fourth-order valence-electron chi connectivity index (χ4n) is 2.70. The molecule has 2 aromatic heterocycles. The molecule has 112 valence electrons. The monoisotopic (exact) mass is 288 g/mol. The number of hydrogen-bond acceptors (Lipinski definition) is 7. The molecule has 1 aliphatic rings. The van der Waals surface area contributed by atoms with E-state index in [9.17, 15) is 0 Å². The lowest BCUT2D eigenvalue weighted by Crippen LogP contribution is -2.38. The van der Waals surface area contributed by atoms with E-state index in [1.807, 2.05) is 0 Å². The average molecular weight is 288 g/mol. The minimum Gasteiger partial charge on any atom is -0.368 e. The number of imidazole rings is 1. The SMILES string of the molecule is CN(C)CC1CCCN1c1nc(N)nc(-n2ccnc2)n1. The van der Waals surface area contributed by atoms with Crippen LogP contribution in [-0.4, -0.2) is 62.6 Å². The summed E-state index contributed by atoms with van der Waals surface area (Å²) in [7, 11) is 4.16. The molecule has 1 atom stereocenters. The normalized spacial score (nSPS) is 18.6. The van der Waals surface area contributed by atoms with Crippen LogP contribution in [0.5, 0.6) is 0 Å². The maximum absolute atomic E-state index is 5.85. The molecule has 21 heavy (non-hydrogen) atoms. The van der Waals surface area contributed by atoms with E-state index < -0.39 is 0 Å². The smallest absolute Gasteiger partial charge is 0.241 e. The highest BCUT2D eigenvalue weighted by Gasteiger charge is 2.27. The first-order chi connectivity index (χ1) is 10.1. The molecule has 0 radical (unpaired) electrons. The van der Waals surface area contributed by atoms with E-state index in [1.54, 1.807) is 23.3 Å². The summed E-state index contributed by atoms with van der Waals surface area (Å²) in [6.45, 7) is 1.93. The van der Waals surface area contributed by atoms with Gasteiger partial charge in [0.25, 0.3) is 0 Å². The first-order valence-corrected chi connectivity index (χ1v) is 7.05. The number of nitrogen functional groups attached to an aromatic ring is 1. The summed E-state index contributed by atoms with van der Waals surface area (Å²) in [5.41, 5.74) is 5.85. The molecule has 2 aromatic rings. The Morgan fingerprint density at radius 1 is 1.29 bits per heavy atom. The zero-order chi connectivity index (χ0) is 14.8. The van der Waals surface area contributed by atoms with Gasteiger partial charge in [-0.1, -0.05) is 0 Å². The highest BCUT2D eigenvalue weighted by atomic mass is 15.4. The van der Waals surface area contributed by atoms with Crippen LogP contribution >= 0.6 is 0 Å². The Kier molecular flexibility index (Phi) is 3.70. The molecule has 1 unspecified atom stereocenters. The number of hydrogen-bond donors (Lipinski definition) is 1. The van der Waals surface area contributed by atoms with Crippen LogP contribution in [0.1, 0.15) is 12.8 Å². The van der Waals surface area contributed by atoms with Crippen molar-refractivity contribution in [3.05, 3.63) is 18.7 Å². The second-order valence-electron chi connectivity index (χ2n) is 5.52. The Labute approximate surface area is 123 Å². The van der Waals surface area contributed by atoms with Gasteiger partial charge in [0.2, 0.25) is 17.8 Å². The maximum atomic E-state index is 5.85. The minimum atomic E-state index is 0.235. The van der Waals surface area contributed by atoms with E-state index in [0.29, 0.717) is 17.9 Å². The highest BCUT2D eigenvalue weighted by molar-refractivity contribution is 5.40. The predicted octanol–water partition coefficient (Wildman–Crippen LogP) is 0.170. The van der Waals surface area contributed by atoms with Crippen molar-refractivity contribution in [3.8, 4) is 5.95 Å². The fraction of sp³-hybridized carbons (Fsp3) is 0.538. The highest BCUT2D eigenvalue weighted by Crippen LogP contribution is 2.23. The minimum absolute atomic E-state index is 0.235. The molecule has 0 amide bonds. The van der Waals surface area contributed by atoms with E-state index in [0.717, 1.165) is 25.9 Å². The van der Waals surface area contributed by atoms with Crippen LogP contribution in [0.4, 0.5) is 11.9 Å². The van der Waals surface area contributed by atoms with Crippen molar-refractivity contribution in [3.63, 3.8) is 0 Å². The molecule has 8 nitrogen and oxygen atoms in total.